The molecule has 3 nitrogen and oxygen atoms in total. The van der Waals surface area contributed by atoms with Gasteiger partial charge in [0, 0.05) is 26.4 Å². The molecule has 0 aliphatic heterocycles. The van der Waals surface area contributed by atoms with Crippen LogP contribution in [0.15, 0.2) is 17.1 Å². The van der Waals surface area contributed by atoms with Gasteiger partial charge >= 0.3 is 0 Å². The number of aromatic nitrogens is 2. The van der Waals surface area contributed by atoms with Crippen LogP contribution in [0.25, 0.3) is 0 Å². The van der Waals surface area contributed by atoms with Crippen LogP contribution in [0.1, 0.15) is 0 Å². The third-order valence-corrected chi connectivity index (χ3v) is 1.23. The van der Waals surface area contributed by atoms with Gasteiger partial charge in [0.25, 0.3) is 5.56 Å². The molecule has 1 rings (SSSR count). The summed E-state index contributed by atoms with van der Waals surface area (Å²) in [6.07, 6.45) is 1.72. The van der Waals surface area contributed by atoms with Crippen LogP contribution in [0.5, 0.6) is 0 Å². The Morgan fingerprint density at radius 2 is 2.12 bits per heavy atom. The molecule has 8 heavy (non-hydrogen) atoms. The first-order chi connectivity index (χ1) is 3.72. The van der Waals surface area contributed by atoms with E-state index in [4.69, 9.17) is 0 Å². The Hall–Kier alpha value is -0.990. The highest BCUT2D eigenvalue weighted by Crippen LogP contribution is 1.72. The van der Waals surface area contributed by atoms with E-state index in [-0.39, 0.29) is 5.56 Å². The first-order valence-electron chi connectivity index (χ1n) is 2.40. The van der Waals surface area contributed by atoms with Crippen molar-refractivity contribution in [2.24, 2.45) is 14.1 Å². The van der Waals surface area contributed by atoms with Crippen LogP contribution in [-0.2, 0) is 14.1 Å². The van der Waals surface area contributed by atoms with Gasteiger partial charge in [0.2, 0.25) is 0 Å². The highest BCUT2D eigenvalue weighted by molar-refractivity contribution is 4.80. The first-order valence-corrected chi connectivity index (χ1v) is 2.40. The summed E-state index contributed by atoms with van der Waals surface area (Å²) in [7, 11) is 3.55. The van der Waals surface area contributed by atoms with Crippen LogP contribution < -0.4 is 5.56 Å². The minimum absolute atomic E-state index is 0.0347. The molecule has 0 radical (unpaired) electrons. The summed E-state index contributed by atoms with van der Waals surface area (Å²) in [4.78, 5) is 10.6. The molecular formula is C5H8N2O. The second-order valence-corrected chi connectivity index (χ2v) is 1.75. The first kappa shape index (κ1) is 5.15. The maximum absolute atomic E-state index is 10.6. The summed E-state index contributed by atoms with van der Waals surface area (Å²) in [6, 6.07) is 1.53. The molecule has 0 N–H and O–H groups in total. The molecule has 0 bridgehead atoms. The average molecular weight is 112 g/mol. The second kappa shape index (κ2) is 1.51. The Morgan fingerprint density at radius 1 is 1.50 bits per heavy atom. The largest absolute Gasteiger partial charge is 0.293 e. The normalized spacial score (nSPS) is 9.75. The van der Waals surface area contributed by atoms with Gasteiger partial charge in [-0.1, -0.05) is 0 Å². The lowest BCUT2D eigenvalue weighted by Crippen LogP contribution is -2.15. The quantitative estimate of drug-likeness (QED) is 0.453. The van der Waals surface area contributed by atoms with Gasteiger partial charge in [0.05, 0.1) is 0 Å². The van der Waals surface area contributed by atoms with Crippen molar-refractivity contribution in [3.8, 4) is 0 Å². The molecule has 0 aliphatic carbocycles. The smallest absolute Gasteiger partial charge is 0.266 e. The zero-order valence-corrected chi connectivity index (χ0v) is 4.96. The van der Waals surface area contributed by atoms with E-state index in [0.29, 0.717) is 0 Å². The van der Waals surface area contributed by atoms with E-state index in [2.05, 4.69) is 0 Å². The Balaban J connectivity index is 3.41. The van der Waals surface area contributed by atoms with Crippen molar-refractivity contribution in [1.29, 1.82) is 0 Å². The van der Waals surface area contributed by atoms with Crippen LogP contribution in [0.3, 0.4) is 0 Å². The monoisotopic (exact) mass is 112 g/mol. The highest BCUT2D eigenvalue weighted by atomic mass is 16.1. The SMILES string of the molecule is Cn1ccc(=O)n1C. The topological polar surface area (TPSA) is 26.9 Å². The fourth-order valence-electron chi connectivity index (χ4n) is 0.535. The van der Waals surface area contributed by atoms with Crippen molar-refractivity contribution < 1.29 is 0 Å². The van der Waals surface area contributed by atoms with E-state index >= 15 is 0 Å². The Bertz CT molecular complexity index is 233. The third-order valence-electron chi connectivity index (χ3n) is 1.23. The van der Waals surface area contributed by atoms with Gasteiger partial charge in [-0.25, -0.2) is 0 Å². The van der Waals surface area contributed by atoms with Crippen LogP contribution in [0.4, 0.5) is 0 Å². The van der Waals surface area contributed by atoms with Crippen molar-refractivity contribution >= 4 is 0 Å². The molecular weight excluding hydrogens is 104 g/mol. The molecule has 0 unspecified atom stereocenters. The molecule has 0 spiro atoms. The maximum Gasteiger partial charge on any atom is 0.266 e. The zero-order valence-electron chi connectivity index (χ0n) is 4.96. The van der Waals surface area contributed by atoms with Crippen molar-refractivity contribution in [2.75, 3.05) is 0 Å². The van der Waals surface area contributed by atoms with Crippen molar-refractivity contribution in [2.45, 2.75) is 0 Å². The molecule has 44 valence electrons. The van der Waals surface area contributed by atoms with Gasteiger partial charge in [-0.3, -0.25) is 14.2 Å². The number of rotatable bonds is 0. The molecule has 0 atom stereocenters. The molecule has 0 saturated heterocycles. The predicted molar refractivity (Wildman–Crippen MR) is 30.7 cm³/mol. The molecule has 0 aliphatic rings. The summed E-state index contributed by atoms with van der Waals surface area (Å²) in [5.74, 6) is 0. The predicted octanol–water partition coefficient (Wildman–Crippen LogP) is -0.276. The van der Waals surface area contributed by atoms with E-state index in [9.17, 15) is 4.79 Å². The van der Waals surface area contributed by atoms with Gasteiger partial charge in [-0.2, -0.15) is 0 Å². The van der Waals surface area contributed by atoms with Crippen LogP contribution in [0, 0.1) is 0 Å². The molecule has 0 saturated carbocycles. The summed E-state index contributed by atoms with van der Waals surface area (Å²) >= 11 is 0. The van der Waals surface area contributed by atoms with Gasteiger partial charge in [-0.05, 0) is 0 Å². The maximum atomic E-state index is 10.6. The molecule has 0 fully saturated rings. The van der Waals surface area contributed by atoms with E-state index in [1.54, 1.807) is 17.9 Å². The third kappa shape index (κ3) is 0.559. The van der Waals surface area contributed by atoms with Gasteiger partial charge in [-0.15, -0.1) is 0 Å². The second-order valence-electron chi connectivity index (χ2n) is 1.75. The minimum Gasteiger partial charge on any atom is -0.293 e. The van der Waals surface area contributed by atoms with E-state index < -0.39 is 0 Å². The lowest BCUT2D eigenvalue weighted by molar-refractivity contribution is 0.579. The molecule has 1 aromatic heterocycles. The Labute approximate surface area is 47.1 Å². The summed E-state index contributed by atoms with van der Waals surface area (Å²) < 4.78 is 3.25. The zero-order chi connectivity index (χ0) is 6.15. The van der Waals surface area contributed by atoms with Crippen molar-refractivity contribution in [3.63, 3.8) is 0 Å². The Kier molecular flexibility index (Phi) is 0.970. The number of aryl methyl sites for hydroxylation is 1. The lowest BCUT2D eigenvalue weighted by atomic mass is 10.7. The van der Waals surface area contributed by atoms with E-state index in [0.717, 1.165) is 0 Å². The number of hydrogen-bond acceptors (Lipinski definition) is 1. The highest BCUT2D eigenvalue weighted by Gasteiger charge is 1.88. The summed E-state index contributed by atoms with van der Waals surface area (Å²) in [5.41, 5.74) is 0.0347. The molecule has 0 amide bonds. The van der Waals surface area contributed by atoms with Crippen LogP contribution in [0.2, 0.25) is 0 Å². The molecule has 1 aromatic rings. The molecule has 1 heterocycles. The molecule has 3 heteroatoms. The fourth-order valence-corrected chi connectivity index (χ4v) is 0.535. The van der Waals surface area contributed by atoms with Gasteiger partial charge < -0.3 is 0 Å². The van der Waals surface area contributed by atoms with Crippen molar-refractivity contribution in [3.05, 3.63) is 22.6 Å². The van der Waals surface area contributed by atoms with E-state index in [1.807, 2.05) is 7.05 Å². The summed E-state index contributed by atoms with van der Waals surface area (Å²) in [6.45, 7) is 0. The minimum atomic E-state index is 0.0347. The van der Waals surface area contributed by atoms with Crippen molar-refractivity contribution in [1.82, 2.24) is 9.36 Å². The van der Waals surface area contributed by atoms with Crippen LogP contribution in [-0.4, -0.2) is 9.36 Å². The Morgan fingerprint density at radius 3 is 2.25 bits per heavy atom. The van der Waals surface area contributed by atoms with E-state index in [1.165, 1.54) is 10.7 Å². The van der Waals surface area contributed by atoms with Crippen LogP contribution >= 0.6 is 0 Å². The number of hydrogen-bond donors (Lipinski definition) is 0. The number of nitrogens with zero attached hydrogens (tertiary/aromatic N) is 2. The van der Waals surface area contributed by atoms with Gasteiger partial charge in [0.1, 0.15) is 0 Å². The average Bonchev–Trinajstić information content (AvgIpc) is 1.98. The fraction of sp³-hybridized carbons (Fsp3) is 0.400. The standard InChI is InChI=1S/C5H8N2O/c1-6-4-3-5(8)7(6)2/h3-4H,1-2H3. The molecule has 0 aromatic carbocycles. The van der Waals surface area contributed by atoms with Gasteiger partial charge in [0.15, 0.2) is 0 Å². The summed E-state index contributed by atoms with van der Waals surface area (Å²) in [5, 5.41) is 0. The lowest BCUT2D eigenvalue weighted by Gasteiger charge is -1.94.